The van der Waals surface area contributed by atoms with Gasteiger partial charge < -0.3 is 0 Å². The maximum atomic E-state index is 12.8. The Morgan fingerprint density at radius 2 is 1.03 bits per heavy atom. The maximum absolute atomic E-state index is 12.8. The lowest BCUT2D eigenvalue weighted by molar-refractivity contribution is -0.0228. The van der Waals surface area contributed by atoms with Crippen LogP contribution in [0.4, 0.5) is 0 Å². The van der Waals surface area contributed by atoms with Crippen LogP contribution in [-0.4, -0.2) is 30.0 Å². The standard InChI is InChI=1S/C25H30O6S2/c1-18-5-11-22(12-6-18)32(26,27)30-16-24(3)20-9-10-21(15-20)25(24,4)17-31-33(28,29)23-13-7-19(2)8-14-23/h5-14,20-21H,15-17H2,1-4H3/t20-,21+,24-,25-/m1/s1. The molecule has 4 rings (SSSR count). The van der Waals surface area contributed by atoms with Crippen molar-refractivity contribution in [2.75, 3.05) is 13.2 Å². The first-order chi connectivity index (χ1) is 15.4. The molecule has 0 aliphatic heterocycles. The molecular weight excluding hydrogens is 460 g/mol. The van der Waals surface area contributed by atoms with E-state index in [1.165, 1.54) is 24.3 Å². The van der Waals surface area contributed by atoms with Crippen LogP contribution < -0.4 is 0 Å². The molecular formula is C25H30O6S2. The Morgan fingerprint density at radius 3 is 1.36 bits per heavy atom. The minimum Gasteiger partial charge on any atom is -0.266 e. The van der Waals surface area contributed by atoms with Crippen LogP contribution in [0.15, 0.2) is 70.5 Å². The molecule has 6 nitrogen and oxygen atoms in total. The van der Waals surface area contributed by atoms with Crippen molar-refractivity contribution in [3.8, 4) is 0 Å². The van der Waals surface area contributed by atoms with Gasteiger partial charge in [0.1, 0.15) is 0 Å². The molecule has 0 N–H and O–H groups in total. The number of aryl methyl sites for hydroxylation is 2. The van der Waals surface area contributed by atoms with Gasteiger partial charge in [0.2, 0.25) is 0 Å². The molecule has 2 aliphatic rings. The van der Waals surface area contributed by atoms with E-state index in [1.54, 1.807) is 24.3 Å². The summed E-state index contributed by atoms with van der Waals surface area (Å²) in [4.78, 5) is 0.214. The Labute approximate surface area is 196 Å². The monoisotopic (exact) mass is 490 g/mol. The van der Waals surface area contributed by atoms with Crippen LogP contribution in [0, 0.1) is 36.5 Å². The average molecular weight is 491 g/mol. The van der Waals surface area contributed by atoms with Gasteiger partial charge in [0, 0.05) is 10.8 Å². The van der Waals surface area contributed by atoms with E-state index in [9.17, 15) is 16.8 Å². The molecule has 0 aromatic heterocycles. The third kappa shape index (κ3) is 4.30. The summed E-state index contributed by atoms with van der Waals surface area (Å²) in [5.74, 6) is 0.151. The zero-order chi connectivity index (χ0) is 24.1. The molecule has 1 fully saturated rings. The van der Waals surface area contributed by atoms with Crippen molar-refractivity contribution >= 4 is 20.2 Å². The molecule has 0 heterocycles. The third-order valence-corrected chi connectivity index (χ3v) is 10.2. The molecule has 2 bridgehead atoms. The summed E-state index contributed by atoms with van der Waals surface area (Å²) in [6, 6.07) is 13.0. The quantitative estimate of drug-likeness (QED) is 0.396. The first kappa shape index (κ1) is 24.1. The highest BCUT2D eigenvalue weighted by Crippen LogP contribution is 2.63. The largest absolute Gasteiger partial charge is 0.296 e. The summed E-state index contributed by atoms with van der Waals surface area (Å²) in [5.41, 5.74) is 0.678. The van der Waals surface area contributed by atoms with Gasteiger partial charge in [-0.15, -0.1) is 0 Å². The fourth-order valence-corrected chi connectivity index (χ4v) is 6.99. The van der Waals surface area contributed by atoms with E-state index in [2.05, 4.69) is 12.2 Å². The predicted octanol–water partition coefficient (Wildman–Crippen LogP) is 4.63. The van der Waals surface area contributed by atoms with Gasteiger partial charge in [-0.3, -0.25) is 8.37 Å². The minimum absolute atomic E-state index is 0.0564. The van der Waals surface area contributed by atoms with Gasteiger partial charge in [-0.2, -0.15) is 16.8 Å². The highest BCUT2D eigenvalue weighted by molar-refractivity contribution is 7.87. The minimum atomic E-state index is -3.94. The molecule has 2 aliphatic carbocycles. The Hall–Kier alpha value is -2.00. The topological polar surface area (TPSA) is 86.7 Å². The van der Waals surface area contributed by atoms with E-state index < -0.39 is 31.1 Å². The van der Waals surface area contributed by atoms with Gasteiger partial charge in [0.15, 0.2) is 0 Å². The first-order valence-corrected chi connectivity index (χ1v) is 13.8. The highest BCUT2D eigenvalue weighted by atomic mass is 32.2. The van der Waals surface area contributed by atoms with Crippen LogP contribution in [0.5, 0.6) is 0 Å². The molecule has 1 saturated carbocycles. The average Bonchev–Trinajstić information content (AvgIpc) is 3.34. The lowest BCUT2D eigenvalue weighted by Gasteiger charge is -2.46. The van der Waals surface area contributed by atoms with Crippen LogP contribution in [-0.2, 0) is 28.6 Å². The Balaban J connectivity index is 1.55. The molecule has 0 saturated heterocycles. The lowest BCUT2D eigenvalue weighted by Crippen LogP contribution is -2.48. The smallest absolute Gasteiger partial charge is 0.266 e. The molecule has 2 aromatic rings. The van der Waals surface area contributed by atoms with Gasteiger partial charge in [0.25, 0.3) is 20.2 Å². The maximum Gasteiger partial charge on any atom is 0.296 e. The number of hydrogen-bond donors (Lipinski definition) is 0. The van der Waals surface area contributed by atoms with Crippen molar-refractivity contribution in [1.29, 1.82) is 0 Å². The second kappa shape index (κ2) is 8.34. The van der Waals surface area contributed by atoms with E-state index in [1.807, 2.05) is 27.7 Å². The van der Waals surface area contributed by atoms with Gasteiger partial charge in [-0.05, 0) is 56.4 Å². The fourth-order valence-electron chi connectivity index (χ4n) is 4.98. The molecule has 0 amide bonds. The molecule has 8 heteroatoms. The number of fused-ring (bicyclic) bond motifs is 2. The van der Waals surface area contributed by atoms with E-state index in [4.69, 9.17) is 8.37 Å². The number of hydrogen-bond acceptors (Lipinski definition) is 6. The molecule has 2 aromatic carbocycles. The van der Waals surface area contributed by atoms with Crippen LogP contribution in [0.3, 0.4) is 0 Å². The summed E-state index contributed by atoms with van der Waals surface area (Å²) in [5, 5.41) is 0. The molecule has 0 radical (unpaired) electrons. The van der Waals surface area contributed by atoms with Crippen LogP contribution >= 0.6 is 0 Å². The number of benzene rings is 2. The SMILES string of the molecule is Cc1ccc(S(=O)(=O)OC[C@]2(C)[C@@H]3C=C[C@@H](C3)[C@@]2(C)COS(=O)(=O)c2ccc(C)cc2)cc1. The summed E-state index contributed by atoms with van der Waals surface area (Å²) in [7, 11) is -7.89. The van der Waals surface area contributed by atoms with E-state index in [0.29, 0.717) is 0 Å². The lowest BCUT2D eigenvalue weighted by atomic mass is 9.60. The Kier molecular flexibility index (Phi) is 6.10. The van der Waals surface area contributed by atoms with Crippen molar-refractivity contribution < 1.29 is 25.2 Å². The van der Waals surface area contributed by atoms with Crippen molar-refractivity contribution in [2.45, 2.75) is 43.9 Å². The van der Waals surface area contributed by atoms with Crippen LogP contribution in [0.1, 0.15) is 31.4 Å². The van der Waals surface area contributed by atoms with Crippen LogP contribution in [0.2, 0.25) is 0 Å². The van der Waals surface area contributed by atoms with Crippen LogP contribution in [0.25, 0.3) is 0 Å². The molecule has 0 spiro atoms. The molecule has 4 atom stereocenters. The predicted molar refractivity (Wildman–Crippen MR) is 126 cm³/mol. The second-order valence-corrected chi connectivity index (χ2v) is 13.0. The summed E-state index contributed by atoms with van der Waals surface area (Å²) in [6.45, 7) is 7.59. The van der Waals surface area contributed by atoms with Crippen molar-refractivity contribution in [1.82, 2.24) is 0 Å². The van der Waals surface area contributed by atoms with Gasteiger partial charge >= 0.3 is 0 Å². The number of rotatable bonds is 8. The van der Waals surface area contributed by atoms with Crippen molar-refractivity contribution in [2.24, 2.45) is 22.7 Å². The molecule has 33 heavy (non-hydrogen) atoms. The van der Waals surface area contributed by atoms with E-state index in [-0.39, 0.29) is 34.8 Å². The van der Waals surface area contributed by atoms with Gasteiger partial charge in [-0.25, -0.2) is 0 Å². The molecule has 0 unspecified atom stereocenters. The first-order valence-electron chi connectivity index (χ1n) is 11.0. The number of allylic oxidation sites excluding steroid dienone is 2. The van der Waals surface area contributed by atoms with Crippen molar-refractivity contribution in [3.05, 3.63) is 71.8 Å². The second-order valence-electron chi connectivity index (χ2n) is 9.73. The van der Waals surface area contributed by atoms with E-state index in [0.717, 1.165) is 17.5 Å². The fraction of sp³-hybridized carbons (Fsp3) is 0.440. The summed E-state index contributed by atoms with van der Waals surface area (Å²) >= 11 is 0. The van der Waals surface area contributed by atoms with Gasteiger partial charge in [-0.1, -0.05) is 61.4 Å². The Bertz CT molecular complexity index is 1160. The molecule has 178 valence electrons. The Morgan fingerprint density at radius 1 is 0.697 bits per heavy atom. The third-order valence-electron chi connectivity index (χ3n) is 7.67. The van der Waals surface area contributed by atoms with E-state index >= 15 is 0 Å². The zero-order valence-corrected chi connectivity index (χ0v) is 20.9. The van der Waals surface area contributed by atoms with Gasteiger partial charge in [0.05, 0.1) is 23.0 Å². The normalized spacial score (nSPS) is 29.0. The zero-order valence-electron chi connectivity index (χ0n) is 19.3. The summed E-state index contributed by atoms with van der Waals surface area (Å²) < 4.78 is 62.4. The highest BCUT2D eigenvalue weighted by Gasteiger charge is 2.61. The van der Waals surface area contributed by atoms with Crippen molar-refractivity contribution in [3.63, 3.8) is 0 Å². The summed E-state index contributed by atoms with van der Waals surface area (Å²) in [6.07, 6.45) is 4.99.